The monoisotopic (exact) mass is 258 g/mol. The second kappa shape index (κ2) is 5.78. The molecular weight excluding hydrogens is 240 g/mol. The smallest absolute Gasteiger partial charge is 0.178 e. The number of hydrogen-bond donors (Lipinski definition) is 0. The number of benzene rings is 1. The average Bonchev–Trinajstić information content (AvgIpc) is 2.95. The van der Waals surface area contributed by atoms with Gasteiger partial charge in [-0.2, -0.15) is 0 Å². The maximum absolute atomic E-state index is 5.76. The van der Waals surface area contributed by atoms with Crippen molar-refractivity contribution in [2.45, 2.75) is 25.9 Å². The predicted octanol–water partition coefficient (Wildman–Crippen LogP) is 3.24. The zero-order valence-corrected chi connectivity index (χ0v) is 10.9. The van der Waals surface area contributed by atoms with Crippen molar-refractivity contribution < 1.29 is 9.26 Å². The fourth-order valence-electron chi connectivity index (χ4n) is 2.39. The van der Waals surface area contributed by atoms with E-state index in [-0.39, 0.29) is 0 Å². The van der Waals surface area contributed by atoms with Crippen LogP contribution >= 0.6 is 0 Å². The van der Waals surface area contributed by atoms with Crippen LogP contribution in [0.2, 0.25) is 0 Å². The molecule has 1 saturated heterocycles. The topological polar surface area (TPSA) is 38.5 Å². The molecule has 1 aromatic heterocycles. The van der Waals surface area contributed by atoms with Crippen molar-refractivity contribution in [1.29, 1.82) is 0 Å². The van der Waals surface area contributed by atoms with Crippen LogP contribution in [0.15, 0.2) is 41.1 Å². The minimum Gasteiger partial charge on any atom is -0.489 e. The summed E-state index contributed by atoms with van der Waals surface area (Å²) >= 11 is 0. The van der Waals surface area contributed by atoms with Crippen molar-refractivity contribution in [3.05, 3.63) is 42.2 Å². The summed E-state index contributed by atoms with van der Waals surface area (Å²) < 4.78 is 10.9. The van der Waals surface area contributed by atoms with Crippen LogP contribution in [0.5, 0.6) is 5.75 Å². The normalized spacial score (nSPS) is 15.5. The molecule has 0 unspecified atom stereocenters. The van der Waals surface area contributed by atoms with E-state index in [0.29, 0.717) is 6.61 Å². The Morgan fingerprint density at radius 3 is 2.68 bits per heavy atom. The first-order valence-corrected chi connectivity index (χ1v) is 6.79. The van der Waals surface area contributed by atoms with Gasteiger partial charge in [0.25, 0.3) is 0 Å². The zero-order valence-electron chi connectivity index (χ0n) is 10.9. The Morgan fingerprint density at radius 2 is 1.89 bits per heavy atom. The molecule has 0 spiro atoms. The van der Waals surface area contributed by atoms with Gasteiger partial charge in [0.05, 0.1) is 5.56 Å². The lowest BCUT2D eigenvalue weighted by atomic mass is 10.1. The largest absolute Gasteiger partial charge is 0.489 e. The van der Waals surface area contributed by atoms with E-state index in [1.54, 1.807) is 6.26 Å². The fourth-order valence-corrected chi connectivity index (χ4v) is 2.39. The third-order valence-corrected chi connectivity index (χ3v) is 3.41. The van der Waals surface area contributed by atoms with Crippen LogP contribution in [0.25, 0.3) is 0 Å². The number of nitrogens with zero attached hydrogens (tertiary/aromatic N) is 2. The van der Waals surface area contributed by atoms with Crippen LogP contribution in [0.1, 0.15) is 24.8 Å². The number of aromatic nitrogens is 1. The van der Waals surface area contributed by atoms with Crippen LogP contribution in [0.4, 0.5) is 5.82 Å². The number of anilines is 1. The van der Waals surface area contributed by atoms with Gasteiger partial charge in [-0.15, -0.1) is 0 Å². The van der Waals surface area contributed by atoms with E-state index in [1.807, 2.05) is 30.3 Å². The molecule has 2 heterocycles. The lowest BCUT2D eigenvalue weighted by molar-refractivity contribution is 0.304. The molecule has 1 aliphatic heterocycles. The highest BCUT2D eigenvalue weighted by atomic mass is 16.5. The molecule has 4 heteroatoms. The van der Waals surface area contributed by atoms with Crippen LogP contribution in [-0.4, -0.2) is 18.2 Å². The number of para-hydroxylation sites is 1. The zero-order chi connectivity index (χ0) is 12.9. The van der Waals surface area contributed by atoms with E-state index >= 15 is 0 Å². The van der Waals surface area contributed by atoms with E-state index in [9.17, 15) is 0 Å². The molecule has 1 aliphatic rings. The van der Waals surface area contributed by atoms with Gasteiger partial charge in [-0.3, -0.25) is 0 Å². The summed E-state index contributed by atoms with van der Waals surface area (Å²) in [7, 11) is 0. The van der Waals surface area contributed by atoms with Crippen LogP contribution in [0.3, 0.4) is 0 Å². The first kappa shape index (κ1) is 12.1. The summed E-state index contributed by atoms with van der Waals surface area (Å²) in [4.78, 5) is 2.29. The highest BCUT2D eigenvalue weighted by Crippen LogP contribution is 2.23. The molecule has 0 N–H and O–H groups in total. The second-order valence-corrected chi connectivity index (χ2v) is 4.81. The first-order chi connectivity index (χ1) is 9.43. The average molecular weight is 258 g/mol. The fraction of sp³-hybridized carbons (Fsp3) is 0.400. The highest BCUT2D eigenvalue weighted by molar-refractivity contribution is 5.45. The van der Waals surface area contributed by atoms with Crippen LogP contribution in [0, 0.1) is 0 Å². The summed E-state index contributed by atoms with van der Waals surface area (Å²) in [6.45, 7) is 2.62. The van der Waals surface area contributed by atoms with Crippen molar-refractivity contribution in [3.63, 3.8) is 0 Å². The van der Waals surface area contributed by atoms with Gasteiger partial charge in [0.2, 0.25) is 0 Å². The summed E-state index contributed by atoms with van der Waals surface area (Å²) in [6.07, 6.45) is 5.45. The van der Waals surface area contributed by atoms with E-state index in [0.717, 1.165) is 30.2 Å². The molecule has 2 aromatic rings. The third-order valence-electron chi connectivity index (χ3n) is 3.41. The van der Waals surface area contributed by atoms with Crippen molar-refractivity contribution in [1.82, 2.24) is 5.16 Å². The number of ether oxygens (including phenoxy) is 1. The van der Waals surface area contributed by atoms with E-state index in [4.69, 9.17) is 9.26 Å². The molecular formula is C15H18N2O2. The Bertz CT molecular complexity index is 504. The van der Waals surface area contributed by atoms with Crippen molar-refractivity contribution in [2.24, 2.45) is 0 Å². The Labute approximate surface area is 113 Å². The number of piperidine rings is 1. The van der Waals surface area contributed by atoms with E-state index in [1.165, 1.54) is 19.3 Å². The predicted molar refractivity (Wildman–Crippen MR) is 73.3 cm³/mol. The molecule has 0 atom stereocenters. The second-order valence-electron chi connectivity index (χ2n) is 4.81. The molecule has 4 nitrogen and oxygen atoms in total. The highest BCUT2D eigenvalue weighted by Gasteiger charge is 2.18. The Kier molecular flexibility index (Phi) is 3.68. The minimum absolute atomic E-state index is 0.499. The quantitative estimate of drug-likeness (QED) is 0.843. The van der Waals surface area contributed by atoms with Gasteiger partial charge in [-0.25, -0.2) is 0 Å². The van der Waals surface area contributed by atoms with Crippen molar-refractivity contribution in [2.75, 3.05) is 18.0 Å². The van der Waals surface area contributed by atoms with Crippen molar-refractivity contribution in [3.8, 4) is 5.75 Å². The van der Waals surface area contributed by atoms with E-state index in [2.05, 4.69) is 10.1 Å². The van der Waals surface area contributed by atoms with Crippen LogP contribution < -0.4 is 9.64 Å². The SMILES string of the molecule is c1ccc(OCc2conc2N2CCCCC2)cc1. The van der Waals surface area contributed by atoms with Gasteiger partial charge in [-0.05, 0) is 31.4 Å². The van der Waals surface area contributed by atoms with Crippen LogP contribution in [-0.2, 0) is 6.61 Å². The van der Waals surface area contributed by atoms with E-state index < -0.39 is 0 Å². The van der Waals surface area contributed by atoms with Gasteiger partial charge in [-0.1, -0.05) is 23.4 Å². The van der Waals surface area contributed by atoms with Gasteiger partial charge in [0, 0.05) is 13.1 Å². The van der Waals surface area contributed by atoms with Gasteiger partial charge < -0.3 is 14.2 Å². The number of rotatable bonds is 4. The molecule has 3 rings (SSSR count). The lowest BCUT2D eigenvalue weighted by Crippen LogP contribution is -2.30. The van der Waals surface area contributed by atoms with Gasteiger partial charge in [0.1, 0.15) is 18.6 Å². The molecule has 0 saturated carbocycles. The molecule has 0 bridgehead atoms. The van der Waals surface area contributed by atoms with Gasteiger partial charge in [0.15, 0.2) is 5.82 Å². The maximum atomic E-state index is 5.76. The summed E-state index contributed by atoms with van der Waals surface area (Å²) in [6, 6.07) is 9.82. The molecule has 1 fully saturated rings. The lowest BCUT2D eigenvalue weighted by Gasteiger charge is -2.26. The van der Waals surface area contributed by atoms with Gasteiger partial charge >= 0.3 is 0 Å². The Morgan fingerprint density at radius 1 is 1.11 bits per heavy atom. The molecule has 19 heavy (non-hydrogen) atoms. The minimum atomic E-state index is 0.499. The summed E-state index contributed by atoms with van der Waals surface area (Å²) in [5.74, 6) is 1.81. The standard InChI is InChI=1S/C15H18N2O2/c1-3-7-14(8-4-1)18-11-13-12-19-16-15(13)17-9-5-2-6-10-17/h1,3-4,7-8,12H,2,5-6,9-11H2. The summed E-state index contributed by atoms with van der Waals surface area (Å²) in [5.41, 5.74) is 1.02. The molecule has 0 amide bonds. The Balaban J connectivity index is 1.66. The summed E-state index contributed by atoms with van der Waals surface area (Å²) in [5, 5.41) is 4.12. The van der Waals surface area contributed by atoms with Crippen molar-refractivity contribution >= 4 is 5.82 Å². The first-order valence-electron chi connectivity index (χ1n) is 6.79. The molecule has 0 aliphatic carbocycles. The maximum Gasteiger partial charge on any atom is 0.178 e. The third kappa shape index (κ3) is 2.89. The number of hydrogen-bond acceptors (Lipinski definition) is 4. The molecule has 1 aromatic carbocycles. The molecule has 0 radical (unpaired) electrons. The molecule has 100 valence electrons. The Hall–Kier alpha value is -1.97.